The zero-order chi connectivity index (χ0) is 16.0. The zero-order valence-electron chi connectivity index (χ0n) is 13.0. The molecular weight excluding hydrogens is 326 g/mol. The van der Waals surface area contributed by atoms with Crippen LogP contribution in [-0.2, 0) is 10.2 Å². The third kappa shape index (κ3) is 4.11. The van der Waals surface area contributed by atoms with Gasteiger partial charge in [0.1, 0.15) is 0 Å². The SMILES string of the molecule is O=NN(CCCl)S(=O)(=O)N(C1CCCCC1)C1CCCCC1. The maximum Gasteiger partial charge on any atom is 0.322 e. The monoisotopic (exact) mass is 351 g/mol. The molecule has 2 fully saturated rings. The van der Waals surface area contributed by atoms with Crippen LogP contribution in [0.3, 0.4) is 0 Å². The first-order valence-electron chi connectivity index (χ1n) is 8.31. The van der Waals surface area contributed by atoms with Gasteiger partial charge in [0.15, 0.2) is 0 Å². The quantitative estimate of drug-likeness (QED) is 0.401. The van der Waals surface area contributed by atoms with Gasteiger partial charge in [0.05, 0.1) is 11.8 Å². The predicted octanol–water partition coefficient (Wildman–Crippen LogP) is 3.42. The number of hydrogen-bond donors (Lipinski definition) is 0. The third-order valence-electron chi connectivity index (χ3n) is 4.77. The fourth-order valence-electron chi connectivity index (χ4n) is 3.73. The minimum Gasteiger partial charge on any atom is -0.187 e. The van der Waals surface area contributed by atoms with Crippen molar-refractivity contribution in [3.05, 3.63) is 4.91 Å². The molecule has 0 aromatic rings. The molecule has 128 valence electrons. The minimum atomic E-state index is -3.87. The third-order valence-corrected chi connectivity index (χ3v) is 6.85. The second kappa shape index (κ2) is 8.45. The normalized spacial score (nSPS) is 21.9. The molecule has 0 aliphatic heterocycles. The lowest BCUT2D eigenvalue weighted by Gasteiger charge is -2.41. The highest BCUT2D eigenvalue weighted by molar-refractivity contribution is 7.86. The fraction of sp³-hybridized carbons (Fsp3) is 1.00. The number of rotatable bonds is 7. The lowest BCUT2D eigenvalue weighted by atomic mass is 9.91. The summed E-state index contributed by atoms with van der Waals surface area (Å²) in [6, 6.07) is 0.00264. The number of nitrogens with zero attached hydrogens (tertiary/aromatic N) is 3. The maximum absolute atomic E-state index is 12.9. The highest BCUT2D eigenvalue weighted by Crippen LogP contribution is 2.33. The average Bonchev–Trinajstić information content (AvgIpc) is 2.54. The van der Waals surface area contributed by atoms with Crippen molar-refractivity contribution in [2.45, 2.75) is 76.3 Å². The number of halogens is 1. The van der Waals surface area contributed by atoms with E-state index < -0.39 is 10.2 Å². The number of alkyl halides is 1. The molecule has 0 heterocycles. The Bertz CT molecular complexity index is 430. The number of nitroso groups, excluding NO2 is 1. The Labute approximate surface area is 138 Å². The molecule has 0 unspecified atom stereocenters. The van der Waals surface area contributed by atoms with Crippen LogP contribution in [0.1, 0.15) is 64.2 Å². The summed E-state index contributed by atoms with van der Waals surface area (Å²) in [7, 11) is -3.87. The van der Waals surface area contributed by atoms with Crippen LogP contribution in [0, 0.1) is 4.91 Å². The van der Waals surface area contributed by atoms with Crippen molar-refractivity contribution in [1.29, 1.82) is 0 Å². The van der Waals surface area contributed by atoms with E-state index in [0.717, 1.165) is 64.2 Å². The van der Waals surface area contributed by atoms with Crippen LogP contribution < -0.4 is 0 Å². The Kier molecular flexibility index (Phi) is 6.89. The molecule has 2 aliphatic carbocycles. The summed E-state index contributed by atoms with van der Waals surface area (Å²) in [5.41, 5.74) is 0. The average molecular weight is 352 g/mol. The standard InChI is InChI=1S/C14H26ClN3O3S/c15-11-12-17(16-19)22(20,21)18(13-7-3-1-4-8-13)14-9-5-2-6-10-14/h13-14H,1-12H2. The lowest BCUT2D eigenvalue weighted by molar-refractivity contribution is 0.158. The molecule has 2 saturated carbocycles. The van der Waals surface area contributed by atoms with E-state index in [9.17, 15) is 13.3 Å². The van der Waals surface area contributed by atoms with Crippen molar-refractivity contribution in [1.82, 2.24) is 8.72 Å². The van der Waals surface area contributed by atoms with E-state index in [1.807, 2.05) is 0 Å². The first-order valence-corrected chi connectivity index (χ1v) is 10.2. The van der Waals surface area contributed by atoms with Crippen LogP contribution in [0.4, 0.5) is 0 Å². The van der Waals surface area contributed by atoms with Crippen molar-refractivity contribution < 1.29 is 8.42 Å². The summed E-state index contributed by atoms with van der Waals surface area (Å²) in [5.74, 6) is 0.0636. The number of hydrogen-bond acceptors (Lipinski definition) is 4. The van der Waals surface area contributed by atoms with E-state index in [4.69, 9.17) is 11.6 Å². The van der Waals surface area contributed by atoms with E-state index in [-0.39, 0.29) is 24.5 Å². The van der Waals surface area contributed by atoms with E-state index in [1.165, 1.54) is 0 Å². The van der Waals surface area contributed by atoms with Crippen LogP contribution in [0.2, 0.25) is 0 Å². The maximum atomic E-state index is 12.9. The lowest BCUT2D eigenvalue weighted by Crippen LogP contribution is -2.53. The van der Waals surface area contributed by atoms with Crippen molar-refractivity contribution in [2.24, 2.45) is 5.29 Å². The second-order valence-electron chi connectivity index (χ2n) is 6.24. The summed E-state index contributed by atoms with van der Waals surface area (Å²) in [5, 5.41) is 2.73. The van der Waals surface area contributed by atoms with Crippen molar-refractivity contribution in [3.8, 4) is 0 Å². The predicted molar refractivity (Wildman–Crippen MR) is 87.7 cm³/mol. The molecule has 8 heteroatoms. The molecule has 0 atom stereocenters. The van der Waals surface area contributed by atoms with Gasteiger partial charge in [0.2, 0.25) is 0 Å². The Morgan fingerprint density at radius 2 is 1.36 bits per heavy atom. The molecule has 0 N–H and O–H groups in total. The molecule has 22 heavy (non-hydrogen) atoms. The molecule has 2 aliphatic rings. The summed E-state index contributed by atoms with van der Waals surface area (Å²) in [4.78, 5) is 11.0. The summed E-state index contributed by atoms with van der Waals surface area (Å²) in [6.07, 6.45) is 10.0. The van der Waals surface area contributed by atoms with Gasteiger partial charge in [-0.3, -0.25) is 0 Å². The molecule has 0 spiro atoms. The van der Waals surface area contributed by atoms with Crippen LogP contribution in [0.15, 0.2) is 5.29 Å². The minimum absolute atomic E-state index is 0.00132. The van der Waals surface area contributed by atoms with Crippen molar-refractivity contribution in [3.63, 3.8) is 0 Å². The fourth-order valence-corrected chi connectivity index (χ4v) is 5.78. The largest absolute Gasteiger partial charge is 0.322 e. The smallest absolute Gasteiger partial charge is 0.187 e. The molecule has 0 amide bonds. The van der Waals surface area contributed by atoms with Gasteiger partial charge in [-0.25, -0.2) is 0 Å². The Hall–Kier alpha value is -0.400. The van der Waals surface area contributed by atoms with Crippen molar-refractivity contribution in [2.75, 3.05) is 12.4 Å². The van der Waals surface area contributed by atoms with Gasteiger partial charge in [0, 0.05) is 18.0 Å². The molecule has 0 aromatic carbocycles. The van der Waals surface area contributed by atoms with Crippen LogP contribution in [0.5, 0.6) is 0 Å². The van der Waals surface area contributed by atoms with E-state index in [2.05, 4.69) is 5.29 Å². The highest BCUT2D eigenvalue weighted by Gasteiger charge is 2.40. The van der Waals surface area contributed by atoms with Gasteiger partial charge < -0.3 is 0 Å². The molecule has 0 aromatic heterocycles. The molecule has 0 bridgehead atoms. The first kappa shape index (κ1) is 17.9. The van der Waals surface area contributed by atoms with Crippen LogP contribution in [-0.4, -0.2) is 41.6 Å². The topological polar surface area (TPSA) is 70.0 Å². The van der Waals surface area contributed by atoms with Gasteiger partial charge in [0.25, 0.3) is 0 Å². The van der Waals surface area contributed by atoms with E-state index in [0.29, 0.717) is 4.41 Å². The molecule has 0 saturated heterocycles. The Morgan fingerprint density at radius 3 is 1.73 bits per heavy atom. The first-order chi connectivity index (χ1) is 10.6. The second-order valence-corrected chi connectivity index (χ2v) is 8.35. The molecule has 0 radical (unpaired) electrons. The van der Waals surface area contributed by atoms with Gasteiger partial charge in [-0.2, -0.15) is 12.7 Å². The van der Waals surface area contributed by atoms with Crippen LogP contribution in [0.25, 0.3) is 0 Å². The Morgan fingerprint density at radius 1 is 0.909 bits per heavy atom. The zero-order valence-corrected chi connectivity index (χ0v) is 14.6. The molecular formula is C14H26ClN3O3S. The van der Waals surface area contributed by atoms with Gasteiger partial charge in [-0.1, -0.05) is 38.5 Å². The highest BCUT2D eigenvalue weighted by atomic mass is 35.5. The molecule has 6 nitrogen and oxygen atoms in total. The summed E-state index contributed by atoms with van der Waals surface area (Å²) >= 11 is 5.63. The molecule has 2 rings (SSSR count). The van der Waals surface area contributed by atoms with Crippen molar-refractivity contribution >= 4 is 21.8 Å². The van der Waals surface area contributed by atoms with Gasteiger partial charge >= 0.3 is 10.2 Å². The van der Waals surface area contributed by atoms with E-state index >= 15 is 0 Å². The van der Waals surface area contributed by atoms with Gasteiger partial charge in [-0.15, -0.1) is 20.9 Å². The Balaban J connectivity index is 2.26. The summed E-state index contributed by atoms with van der Waals surface area (Å²) in [6.45, 7) is -0.0661. The summed E-state index contributed by atoms with van der Waals surface area (Å²) < 4.78 is 28.2. The van der Waals surface area contributed by atoms with Gasteiger partial charge in [-0.05, 0) is 25.7 Å². The van der Waals surface area contributed by atoms with Crippen LogP contribution >= 0.6 is 11.6 Å². The van der Waals surface area contributed by atoms with E-state index in [1.54, 1.807) is 4.31 Å².